The van der Waals surface area contributed by atoms with E-state index < -0.39 is 0 Å². The number of esters is 1. The molecule has 0 rings (SSSR count). The van der Waals surface area contributed by atoms with Gasteiger partial charge in [0.2, 0.25) is 5.91 Å². The predicted octanol–water partition coefficient (Wildman–Crippen LogP) is 0.922. The average molecular weight is 363 g/mol. The van der Waals surface area contributed by atoms with E-state index in [0.717, 1.165) is 12.8 Å². The molecule has 8 nitrogen and oxygen atoms in total. The quantitative estimate of drug-likeness (QED) is 0.286. The highest BCUT2D eigenvalue weighted by atomic mass is 16.6. The molecule has 0 bridgehead atoms. The molecule has 0 atom stereocenters. The monoisotopic (exact) mass is 363 g/mol. The second-order valence-electron chi connectivity index (χ2n) is 5.23. The van der Waals surface area contributed by atoms with Crippen molar-refractivity contribution in [3.8, 4) is 0 Å². The van der Waals surface area contributed by atoms with E-state index in [2.05, 4.69) is 17.0 Å². The van der Waals surface area contributed by atoms with E-state index in [1.54, 1.807) is 0 Å². The van der Waals surface area contributed by atoms with Crippen molar-refractivity contribution in [1.29, 1.82) is 0 Å². The number of rotatable bonds is 18. The maximum atomic E-state index is 11.3. The molecule has 0 aliphatic heterocycles. The Kier molecular flexibility index (Phi) is 18.2. The molecule has 8 heteroatoms. The number of hydrogen-bond acceptors (Lipinski definition) is 7. The zero-order valence-electron chi connectivity index (χ0n) is 15.6. The van der Waals surface area contributed by atoms with Gasteiger partial charge in [-0.1, -0.05) is 13.3 Å². The Morgan fingerprint density at radius 1 is 0.760 bits per heavy atom. The van der Waals surface area contributed by atoms with Crippen molar-refractivity contribution in [2.75, 3.05) is 66.5 Å². The van der Waals surface area contributed by atoms with E-state index in [4.69, 9.17) is 18.9 Å². The summed E-state index contributed by atoms with van der Waals surface area (Å²) < 4.78 is 25.7. The average Bonchev–Trinajstić information content (AvgIpc) is 2.62. The summed E-state index contributed by atoms with van der Waals surface area (Å²) in [4.78, 5) is 22.1. The number of nitrogens with one attached hydrogen (secondary N) is 1. The maximum absolute atomic E-state index is 11.3. The van der Waals surface area contributed by atoms with Crippen molar-refractivity contribution in [2.24, 2.45) is 0 Å². The van der Waals surface area contributed by atoms with Crippen molar-refractivity contribution in [3.63, 3.8) is 0 Å². The summed E-state index contributed by atoms with van der Waals surface area (Å²) in [5.41, 5.74) is 0. The molecule has 1 amide bonds. The van der Waals surface area contributed by atoms with Crippen molar-refractivity contribution in [1.82, 2.24) is 5.32 Å². The van der Waals surface area contributed by atoms with Crippen LogP contribution < -0.4 is 5.32 Å². The van der Waals surface area contributed by atoms with Crippen LogP contribution >= 0.6 is 0 Å². The van der Waals surface area contributed by atoms with Gasteiger partial charge in [0, 0.05) is 13.0 Å². The molecular weight excluding hydrogens is 330 g/mol. The minimum Gasteiger partial charge on any atom is -0.469 e. The van der Waals surface area contributed by atoms with Crippen molar-refractivity contribution < 1.29 is 33.3 Å². The lowest BCUT2D eigenvalue weighted by Crippen LogP contribution is -2.27. The van der Waals surface area contributed by atoms with Crippen LogP contribution in [-0.4, -0.2) is 78.4 Å². The van der Waals surface area contributed by atoms with Gasteiger partial charge in [-0.3, -0.25) is 9.59 Å². The highest BCUT2D eigenvalue weighted by Gasteiger charge is 2.00. The normalized spacial score (nSPS) is 10.6. The lowest BCUT2D eigenvalue weighted by Gasteiger charge is -2.08. The summed E-state index contributed by atoms with van der Waals surface area (Å²) in [5, 5.41) is 2.80. The topological polar surface area (TPSA) is 92.3 Å². The summed E-state index contributed by atoms with van der Waals surface area (Å²) in [6, 6.07) is 0. The Balaban J connectivity index is 3.09. The first-order chi connectivity index (χ1) is 12.2. The Labute approximate surface area is 150 Å². The lowest BCUT2D eigenvalue weighted by molar-refractivity contribution is -0.142. The van der Waals surface area contributed by atoms with Crippen molar-refractivity contribution >= 4 is 11.9 Å². The molecule has 25 heavy (non-hydrogen) atoms. The Bertz CT molecular complexity index is 326. The minimum atomic E-state index is -0.282. The second-order valence-corrected chi connectivity index (χ2v) is 5.23. The molecule has 0 heterocycles. The molecule has 0 saturated carbocycles. The highest BCUT2D eigenvalue weighted by Crippen LogP contribution is 1.92. The number of amides is 1. The molecule has 0 spiro atoms. The molecule has 148 valence electrons. The van der Waals surface area contributed by atoms with Crippen LogP contribution in [0.5, 0.6) is 0 Å². The standard InChI is InChI=1S/C17H33NO7/c1-3-4-5-16(19)18-7-9-23-11-13-25-15-14-24-12-10-22-8-6-17(20)21-2/h3-15H2,1-2H3,(H,18,19). The largest absolute Gasteiger partial charge is 0.469 e. The second kappa shape index (κ2) is 19.1. The minimum absolute atomic E-state index is 0.0770. The van der Waals surface area contributed by atoms with Gasteiger partial charge < -0.3 is 29.0 Å². The number of carbonyl (C=O) groups excluding carboxylic acids is 2. The smallest absolute Gasteiger partial charge is 0.307 e. The molecule has 0 aromatic carbocycles. The fraction of sp³-hybridized carbons (Fsp3) is 0.882. The first kappa shape index (κ1) is 23.8. The van der Waals surface area contributed by atoms with Gasteiger partial charge >= 0.3 is 5.97 Å². The summed E-state index contributed by atoms with van der Waals surface area (Å²) in [7, 11) is 1.35. The van der Waals surface area contributed by atoms with Crippen LogP contribution in [0.25, 0.3) is 0 Å². The van der Waals surface area contributed by atoms with Crippen LogP contribution in [-0.2, 0) is 33.3 Å². The van der Waals surface area contributed by atoms with E-state index >= 15 is 0 Å². The third-order valence-corrected chi connectivity index (χ3v) is 3.12. The molecule has 1 N–H and O–H groups in total. The molecule has 0 aliphatic rings. The van der Waals surface area contributed by atoms with Crippen LogP contribution in [0.3, 0.4) is 0 Å². The number of ether oxygens (including phenoxy) is 5. The fourth-order valence-electron chi connectivity index (χ4n) is 1.71. The van der Waals surface area contributed by atoms with E-state index in [9.17, 15) is 9.59 Å². The molecule has 0 radical (unpaired) electrons. The molecular formula is C17H33NO7. The molecule has 0 aromatic rings. The van der Waals surface area contributed by atoms with Crippen LogP contribution in [0, 0.1) is 0 Å². The van der Waals surface area contributed by atoms with Crippen LogP contribution in [0.15, 0.2) is 0 Å². The highest BCUT2D eigenvalue weighted by molar-refractivity contribution is 5.75. The zero-order valence-corrected chi connectivity index (χ0v) is 15.6. The SMILES string of the molecule is CCCCC(=O)NCCOCCOCCOCCOCCC(=O)OC. The van der Waals surface area contributed by atoms with Crippen LogP contribution in [0.4, 0.5) is 0 Å². The summed E-state index contributed by atoms with van der Waals surface area (Å²) in [5.74, 6) is -0.205. The van der Waals surface area contributed by atoms with E-state index in [1.807, 2.05) is 0 Å². The molecule has 0 aliphatic carbocycles. The lowest BCUT2D eigenvalue weighted by atomic mass is 10.2. The zero-order chi connectivity index (χ0) is 18.6. The Hall–Kier alpha value is -1.22. The van der Waals surface area contributed by atoms with Crippen molar-refractivity contribution in [2.45, 2.75) is 32.6 Å². The van der Waals surface area contributed by atoms with Gasteiger partial charge in [0.25, 0.3) is 0 Å². The number of hydrogen-bond donors (Lipinski definition) is 1. The van der Waals surface area contributed by atoms with E-state index in [-0.39, 0.29) is 18.3 Å². The molecule has 0 aromatic heterocycles. The Morgan fingerprint density at radius 3 is 1.80 bits per heavy atom. The summed E-state index contributed by atoms with van der Waals surface area (Å²) >= 11 is 0. The van der Waals surface area contributed by atoms with Gasteiger partial charge in [-0.05, 0) is 6.42 Å². The van der Waals surface area contributed by atoms with Gasteiger partial charge in [-0.2, -0.15) is 0 Å². The first-order valence-corrected chi connectivity index (χ1v) is 8.85. The molecule has 0 fully saturated rings. The third-order valence-electron chi connectivity index (χ3n) is 3.12. The van der Waals surface area contributed by atoms with Crippen molar-refractivity contribution in [3.05, 3.63) is 0 Å². The third kappa shape index (κ3) is 19.0. The molecule has 0 unspecified atom stereocenters. The van der Waals surface area contributed by atoms with Gasteiger partial charge in [0.1, 0.15) is 0 Å². The molecule has 0 saturated heterocycles. The van der Waals surface area contributed by atoms with Crippen LogP contribution in [0.2, 0.25) is 0 Å². The number of methoxy groups -OCH3 is 1. The van der Waals surface area contributed by atoms with Crippen LogP contribution in [0.1, 0.15) is 32.6 Å². The fourth-order valence-corrected chi connectivity index (χ4v) is 1.71. The van der Waals surface area contributed by atoms with Gasteiger partial charge in [-0.25, -0.2) is 0 Å². The van der Waals surface area contributed by atoms with Gasteiger partial charge in [0.05, 0.1) is 66.4 Å². The maximum Gasteiger partial charge on any atom is 0.307 e. The summed E-state index contributed by atoms with van der Waals surface area (Å²) in [6.07, 6.45) is 2.77. The van der Waals surface area contributed by atoms with Gasteiger partial charge in [-0.15, -0.1) is 0 Å². The predicted molar refractivity (Wildman–Crippen MR) is 92.4 cm³/mol. The van der Waals surface area contributed by atoms with Gasteiger partial charge in [0.15, 0.2) is 0 Å². The van der Waals surface area contributed by atoms with E-state index in [1.165, 1.54) is 7.11 Å². The first-order valence-electron chi connectivity index (χ1n) is 8.85. The Morgan fingerprint density at radius 2 is 1.28 bits per heavy atom. The number of carbonyl (C=O) groups is 2. The van der Waals surface area contributed by atoms with E-state index in [0.29, 0.717) is 65.8 Å². The summed E-state index contributed by atoms with van der Waals surface area (Å²) in [6.45, 7) is 6.24. The number of unbranched alkanes of at least 4 members (excludes halogenated alkanes) is 1.